The summed E-state index contributed by atoms with van der Waals surface area (Å²) in [6.07, 6.45) is 4.10. The van der Waals surface area contributed by atoms with E-state index in [0.29, 0.717) is 6.42 Å². The average molecular weight is 248 g/mol. The molecule has 0 aliphatic heterocycles. The lowest BCUT2D eigenvalue weighted by atomic mass is 10.1. The second-order valence-electron chi connectivity index (χ2n) is 4.87. The summed E-state index contributed by atoms with van der Waals surface area (Å²) in [6.45, 7) is 2.03. The first kappa shape index (κ1) is 13.5. The van der Waals surface area contributed by atoms with Crippen LogP contribution in [-0.2, 0) is 14.6 Å². The van der Waals surface area contributed by atoms with E-state index in [4.69, 9.17) is 5.11 Å². The van der Waals surface area contributed by atoms with E-state index in [9.17, 15) is 13.2 Å². The normalized spacial score (nSPS) is 18.3. The summed E-state index contributed by atoms with van der Waals surface area (Å²) in [6, 6.07) is 0. The maximum Gasteiger partial charge on any atom is 0.303 e. The summed E-state index contributed by atoms with van der Waals surface area (Å²) in [5.41, 5.74) is -0.434. The van der Waals surface area contributed by atoms with Gasteiger partial charge in [0, 0.05) is 0 Å². The van der Waals surface area contributed by atoms with Gasteiger partial charge in [0.1, 0.15) is 0 Å². The fourth-order valence-electron chi connectivity index (χ4n) is 1.98. The Balaban J connectivity index is 2.43. The van der Waals surface area contributed by atoms with E-state index in [1.807, 2.05) is 6.92 Å². The number of unbranched alkanes of at least 4 members (excludes halogenated alkanes) is 2. The molecule has 0 aromatic carbocycles. The molecule has 1 fully saturated rings. The monoisotopic (exact) mass is 248 g/mol. The summed E-state index contributed by atoms with van der Waals surface area (Å²) in [7, 11) is -3.06. The van der Waals surface area contributed by atoms with Gasteiger partial charge in [-0.2, -0.15) is 0 Å². The van der Waals surface area contributed by atoms with Gasteiger partial charge >= 0.3 is 5.97 Å². The smallest absolute Gasteiger partial charge is 0.303 e. The number of hydrogen-bond acceptors (Lipinski definition) is 3. The van der Waals surface area contributed by atoms with Crippen LogP contribution < -0.4 is 0 Å². The molecule has 94 valence electrons. The van der Waals surface area contributed by atoms with Crippen LogP contribution in [0.25, 0.3) is 0 Å². The topological polar surface area (TPSA) is 71.4 Å². The molecule has 0 unspecified atom stereocenters. The number of hydrogen-bond donors (Lipinski definition) is 1. The van der Waals surface area contributed by atoms with Crippen LogP contribution in [0.3, 0.4) is 0 Å². The first-order valence-corrected chi connectivity index (χ1v) is 7.63. The van der Waals surface area contributed by atoms with Crippen molar-refractivity contribution in [3.63, 3.8) is 0 Å². The molecule has 0 amide bonds. The Morgan fingerprint density at radius 1 is 1.31 bits per heavy atom. The molecule has 16 heavy (non-hydrogen) atoms. The SMILES string of the molecule is CCCCCS(=O)(=O)CC1(CC(=O)O)CC1. The lowest BCUT2D eigenvalue weighted by Crippen LogP contribution is -2.22. The third kappa shape index (κ3) is 4.51. The number of aliphatic carboxylic acids is 1. The van der Waals surface area contributed by atoms with Crippen LogP contribution in [0.4, 0.5) is 0 Å². The van der Waals surface area contributed by atoms with Crippen LogP contribution in [0.1, 0.15) is 45.4 Å². The molecule has 0 bridgehead atoms. The van der Waals surface area contributed by atoms with Gasteiger partial charge in [0.15, 0.2) is 9.84 Å². The molecule has 0 aromatic heterocycles. The Morgan fingerprint density at radius 3 is 2.38 bits per heavy atom. The molecule has 0 atom stereocenters. The maximum atomic E-state index is 11.7. The van der Waals surface area contributed by atoms with E-state index in [2.05, 4.69) is 0 Å². The van der Waals surface area contributed by atoms with Crippen molar-refractivity contribution in [3.8, 4) is 0 Å². The molecule has 5 heteroatoms. The molecule has 0 saturated heterocycles. The third-order valence-electron chi connectivity index (χ3n) is 3.07. The van der Waals surface area contributed by atoms with Crippen molar-refractivity contribution in [1.82, 2.24) is 0 Å². The number of sulfone groups is 1. The van der Waals surface area contributed by atoms with Crippen molar-refractivity contribution in [1.29, 1.82) is 0 Å². The number of carbonyl (C=O) groups is 1. The number of carboxylic acid groups (broad SMARTS) is 1. The number of carboxylic acids is 1. The highest BCUT2D eigenvalue weighted by Gasteiger charge is 2.47. The van der Waals surface area contributed by atoms with Crippen molar-refractivity contribution < 1.29 is 18.3 Å². The Morgan fingerprint density at radius 2 is 1.94 bits per heavy atom. The van der Waals surface area contributed by atoms with E-state index < -0.39 is 21.2 Å². The molecule has 0 aromatic rings. The summed E-state index contributed by atoms with van der Waals surface area (Å²) in [5, 5.41) is 8.71. The van der Waals surface area contributed by atoms with E-state index >= 15 is 0 Å². The molecule has 1 aliphatic carbocycles. The maximum absolute atomic E-state index is 11.7. The summed E-state index contributed by atoms with van der Waals surface area (Å²) >= 11 is 0. The Hall–Kier alpha value is -0.580. The average Bonchev–Trinajstić information content (AvgIpc) is 2.82. The highest BCUT2D eigenvalue weighted by molar-refractivity contribution is 7.91. The minimum Gasteiger partial charge on any atom is -0.481 e. The fraction of sp³-hybridized carbons (Fsp3) is 0.909. The molecular formula is C11H20O4S. The van der Waals surface area contributed by atoms with Crippen molar-refractivity contribution in [2.24, 2.45) is 5.41 Å². The highest BCUT2D eigenvalue weighted by Crippen LogP contribution is 2.49. The Bertz CT molecular complexity index is 341. The van der Waals surface area contributed by atoms with E-state index in [1.54, 1.807) is 0 Å². The van der Waals surface area contributed by atoms with Crippen LogP contribution in [0.2, 0.25) is 0 Å². The van der Waals surface area contributed by atoms with Gasteiger partial charge in [-0.05, 0) is 24.7 Å². The fourth-order valence-corrected chi connectivity index (χ4v) is 4.09. The largest absolute Gasteiger partial charge is 0.481 e. The zero-order valence-electron chi connectivity index (χ0n) is 9.74. The van der Waals surface area contributed by atoms with Crippen molar-refractivity contribution in [3.05, 3.63) is 0 Å². The van der Waals surface area contributed by atoms with Gasteiger partial charge in [0.25, 0.3) is 0 Å². The van der Waals surface area contributed by atoms with Gasteiger partial charge in [-0.3, -0.25) is 4.79 Å². The standard InChI is InChI=1S/C11H20O4S/c1-2-3-4-7-16(14,15)9-11(5-6-11)8-10(12)13/h2-9H2,1H3,(H,12,13). The van der Waals surface area contributed by atoms with Crippen LogP contribution in [0.15, 0.2) is 0 Å². The molecule has 0 heterocycles. The molecule has 1 rings (SSSR count). The van der Waals surface area contributed by atoms with E-state index in [1.165, 1.54) is 0 Å². The van der Waals surface area contributed by atoms with Gasteiger partial charge in [-0.1, -0.05) is 19.8 Å². The second kappa shape index (κ2) is 5.17. The first-order valence-electron chi connectivity index (χ1n) is 5.81. The third-order valence-corrected chi connectivity index (χ3v) is 5.03. The zero-order chi connectivity index (χ0) is 12.2. The van der Waals surface area contributed by atoms with Gasteiger partial charge in [0.05, 0.1) is 17.9 Å². The number of rotatable bonds is 8. The molecular weight excluding hydrogens is 228 g/mol. The second-order valence-corrected chi connectivity index (χ2v) is 7.05. The van der Waals surface area contributed by atoms with E-state index in [-0.39, 0.29) is 17.9 Å². The molecule has 4 nitrogen and oxygen atoms in total. The Kier molecular flexibility index (Phi) is 4.35. The molecule has 0 spiro atoms. The van der Waals surface area contributed by atoms with Crippen LogP contribution >= 0.6 is 0 Å². The Labute approximate surface area is 97.0 Å². The van der Waals surface area contributed by atoms with Gasteiger partial charge < -0.3 is 5.11 Å². The van der Waals surface area contributed by atoms with Gasteiger partial charge in [-0.15, -0.1) is 0 Å². The quantitative estimate of drug-likeness (QED) is 0.665. The first-order chi connectivity index (χ1) is 7.39. The minimum absolute atomic E-state index is 0.00000772. The zero-order valence-corrected chi connectivity index (χ0v) is 10.6. The predicted molar refractivity (Wildman–Crippen MR) is 62.1 cm³/mol. The summed E-state index contributed by atoms with van der Waals surface area (Å²) in [4.78, 5) is 10.6. The van der Waals surface area contributed by atoms with Crippen molar-refractivity contribution in [2.75, 3.05) is 11.5 Å². The summed E-state index contributed by atoms with van der Waals surface area (Å²) in [5.74, 6) is -0.612. The van der Waals surface area contributed by atoms with Crippen LogP contribution in [0.5, 0.6) is 0 Å². The van der Waals surface area contributed by atoms with Gasteiger partial charge in [-0.25, -0.2) is 8.42 Å². The lowest BCUT2D eigenvalue weighted by Gasteiger charge is -2.12. The minimum atomic E-state index is -3.06. The molecule has 1 saturated carbocycles. The molecule has 1 N–H and O–H groups in total. The molecule has 0 radical (unpaired) electrons. The van der Waals surface area contributed by atoms with Gasteiger partial charge in [0.2, 0.25) is 0 Å². The van der Waals surface area contributed by atoms with Crippen molar-refractivity contribution in [2.45, 2.75) is 45.4 Å². The van der Waals surface area contributed by atoms with Crippen LogP contribution in [0, 0.1) is 5.41 Å². The molecule has 1 aliphatic rings. The summed E-state index contributed by atoms with van der Waals surface area (Å²) < 4.78 is 23.5. The highest BCUT2D eigenvalue weighted by atomic mass is 32.2. The van der Waals surface area contributed by atoms with Crippen LogP contribution in [-0.4, -0.2) is 31.0 Å². The predicted octanol–water partition coefficient (Wildman–Crippen LogP) is 1.85. The lowest BCUT2D eigenvalue weighted by molar-refractivity contribution is -0.138. The van der Waals surface area contributed by atoms with Crippen molar-refractivity contribution >= 4 is 15.8 Å². The van der Waals surface area contributed by atoms with E-state index in [0.717, 1.165) is 25.7 Å².